The average molecular weight is 409 g/mol. The normalized spacial score (nSPS) is 18.1. The molecule has 31 heavy (non-hydrogen) atoms. The van der Waals surface area contributed by atoms with E-state index in [0.717, 1.165) is 16.5 Å². The van der Waals surface area contributed by atoms with Gasteiger partial charge in [0.25, 0.3) is 11.7 Å². The Morgan fingerprint density at radius 3 is 2.68 bits per heavy atom. The van der Waals surface area contributed by atoms with Crippen LogP contribution in [-0.2, 0) is 9.59 Å². The number of aliphatic hydroxyl groups excluding tert-OH is 1. The minimum absolute atomic E-state index is 0.0456. The number of benzene rings is 2. The van der Waals surface area contributed by atoms with Gasteiger partial charge in [-0.15, -0.1) is 0 Å². The molecule has 1 aliphatic rings. The quantitative estimate of drug-likeness (QED) is 0.296. The van der Waals surface area contributed by atoms with Crippen molar-refractivity contribution in [3.8, 4) is 0 Å². The SMILES string of the molecule is Cc1cccc(N2C(=O)C(=O)/C(=C(\O)c3c[nH]c4ccccc34)C2c2cccnc2)c1. The zero-order chi connectivity index (χ0) is 21.5. The van der Waals surface area contributed by atoms with Gasteiger partial charge in [0.05, 0.1) is 11.6 Å². The van der Waals surface area contributed by atoms with E-state index in [0.29, 0.717) is 16.8 Å². The number of ketones is 1. The monoisotopic (exact) mass is 409 g/mol. The highest BCUT2D eigenvalue weighted by Crippen LogP contribution is 2.42. The van der Waals surface area contributed by atoms with Crippen molar-refractivity contribution >= 4 is 34.0 Å². The molecule has 0 bridgehead atoms. The lowest BCUT2D eigenvalue weighted by Gasteiger charge is -2.25. The molecule has 2 N–H and O–H groups in total. The van der Waals surface area contributed by atoms with Crippen LogP contribution in [-0.4, -0.2) is 26.8 Å². The highest BCUT2D eigenvalue weighted by atomic mass is 16.3. The van der Waals surface area contributed by atoms with Gasteiger partial charge in [-0.25, -0.2) is 0 Å². The molecule has 1 fully saturated rings. The molecule has 5 rings (SSSR count). The van der Waals surface area contributed by atoms with E-state index in [1.165, 1.54) is 4.90 Å². The van der Waals surface area contributed by atoms with Gasteiger partial charge in [-0.3, -0.25) is 19.5 Å². The molecule has 0 spiro atoms. The minimum Gasteiger partial charge on any atom is -0.507 e. The Morgan fingerprint density at radius 2 is 1.90 bits per heavy atom. The third kappa shape index (κ3) is 3.00. The second-order valence-corrected chi connectivity index (χ2v) is 7.54. The maximum atomic E-state index is 13.2. The minimum atomic E-state index is -0.788. The zero-order valence-corrected chi connectivity index (χ0v) is 16.7. The van der Waals surface area contributed by atoms with Crippen molar-refractivity contribution in [2.75, 3.05) is 4.90 Å². The topological polar surface area (TPSA) is 86.3 Å². The fourth-order valence-electron chi connectivity index (χ4n) is 4.14. The molecule has 6 heteroatoms. The summed E-state index contributed by atoms with van der Waals surface area (Å²) in [7, 11) is 0. The third-order valence-electron chi connectivity index (χ3n) is 5.57. The molecule has 1 amide bonds. The zero-order valence-electron chi connectivity index (χ0n) is 16.7. The second-order valence-electron chi connectivity index (χ2n) is 7.54. The number of aromatic nitrogens is 2. The van der Waals surface area contributed by atoms with E-state index in [4.69, 9.17) is 0 Å². The molecule has 2 aromatic heterocycles. The number of nitrogens with zero attached hydrogens (tertiary/aromatic N) is 2. The fourth-order valence-corrected chi connectivity index (χ4v) is 4.14. The van der Waals surface area contributed by atoms with Crippen LogP contribution in [0.2, 0.25) is 0 Å². The number of hydrogen-bond acceptors (Lipinski definition) is 4. The van der Waals surface area contributed by atoms with Crippen molar-refractivity contribution in [2.24, 2.45) is 0 Å². The van der Waals surface area contributed by atoms with Crippen LogP contribution < -0.4 is 4.90 Å². The Bertz CT molecular complexity index is 1350. The molecule has 6 nitrogen and oxygen atoms in total. The number of anilines is 1. The molecular formula is C25H19N3O3. The van der Waals surface area contributed by atoms with E-state index in [1.807, 2.05) is 49.4 Å². The number of fused-ring (bicyclic) bond motifs is 1. The number of aromatic amines is 1. The molecular weight excluding hydrogens is 390 g/mol. The predicted molar refractivity (Wildman–Crippen MR) is 118 cm³/mol. The number of nitrogens with one attached hydrogen (secondary N) is 1. The van der Waals surface area contributed by atoms with Gasteiger partial charge < -0.3 is 10.1 Å². The van der Waals surface area contributed by atoms with Gasteiger partial charge in [0.2, 0.25) is 0 Å². The van der Waals surface area contributed by atoms with Crippen molar-refractivity contribution in [3.05, 3.63) is 102 Å². The summed E-state index contributed by atoms with van der Waals surface area (Å²) < 4.78 is 0. The molecule has 4 aromatic rings. The first-order valence-corrected chi connectivity index (χ1v) is 9.90. The van der Waals surface area contributed by atoms with Crippen molar-refractivity contribution in [1.82, 2.24) is 9.97 Å². The van der Waals surface area contributed by atoms with E-state index in [2.05, 4.69) is 9.97 Å². The maximum Gasteiger partial charge on any atom is 0.300 e. The average Bonchev–Trinajstić information content (AvgIpc) is 3.33. The number of amides is 1. The number of aliphatic hydroxyl groups is 1. The molecule has 1 unspecified atom stereocenters. The Labute approximate surface area is 178 Å². The van der Waals surface area contributed by atoms with Crippen LogP contribution in [0.25, 0.3) is 16.7 Å². The Morgan fingerprint density at radius 1 is 1.06 bits per heavy atom. The molecule has 0 radical (unpaired) electrons. The highest BCUT2D eigenvalue weighted by molar-refractivity contribution is 6.51. The van der Waals surface area contributed by atoms with Crippen LogP contribution in [0.4, 0.5) is 5.69 Å². The lowest BCUT2D eigenvalue weighted by Crippen LogP contribution is -2.29. The van der Waals surface area contributed by atoms with Crippen LogP contribution >= 0.6 is 0 Å². The number of hydrogen-bond donors (Lipinski definition) is 2. The van der Waals surface area contributed by atoms with Crippen molar-refractivity contribution in [2.45, 2.75) is 13.0 Å². The number of Topliss-reactive ketones (excluding diaryl/α,β-unsaturated/α-hetero) is 1. The van der Waals surface area contributed by atoms with Gasteiger partial charge >= 0.3 is 0 Å². The van der Waals surface area contributed by atoms with Crippen molar-refractivity contribution in [3.63, 3.8) is 0 Å². The van der Waals surface area contributed by atoms with Crippen LogP contribution in [0.5, 0.6) is 0 Å². The fraction of sp³-hybridized carbons (Fsp3) is 0.0800. The Hall–Kier alpha value is -4.19. The van der Waals surface area contributed by atoms with Crippen molar-refractivity contribution < 1.29 is 14.7 Å². The summed E-state index contributed by atoms with van der Waals surface area (Å²) in [5.74, 6) is -1.61. The number of H-pyrrole nitrogens is 1. The molecule has 1 atom stereocenters. The predicted octanol–water partition coefficient (Wildman–Crippen LogP) is 4.50. The van der Waals surface area contributed by atoms with E-state index in [1.54, 1.807) is 36.8 Å². The standard InChI is InChI=1S/C25H19N3O3/c1-15-6-4-8-17(12-15)28-22(16-7-5-11-26-13-16)21(24(30)25(28)31)23(29)19-14-27-20-10-3-2-9-18(19)20/h2-14,22,27,29H,1H3/b23-21-. The number of carbonyl (C=O) groups excluding carboxylic acids is 2. The molecule has 152 valence electrons. The summed E-state index contributed by atoms with van der Waals surface area (Å²) >= 11 is 0. The summed E-state index contributed by atoms with van der Waals surface area (Å²) in [6.07, 6.45) is 4.89. The molecule has 0 saturated carbocycles. The maximum absolute atomic E-state index is 13.2. The first kappa shape index (κ1) is 18.8. The molecule has 1 saturated heterocycles. The third-order valence-corrected chi connectivity index (χ3v) is 5.57. The molecule has 2 aromatic carbocycles. The first-order chi connectivity index (χ1) is 15.1. The van der Waals surface area contributed by atoms with Gasteiger partial charge in [0.15, 0.2) is 0 Å². The molecule has 1 aliphatic heterocycles. The summed E-state index contributed by atoms with van der Waals surface area (Å²) in [6, 6.07) is 17.6. The van der Waals surface area contributed by atoms with Crippen LogP contribution in [0.1, 0.15) is 22.7 Å². The lowest BCUT2D eigenvalue weighted by atomic mass is 9.96. The Balaban J connectivity index is 1.76. The summed E-state index contributed by atoms with van der Waals surface area (Å²) in [6.45, 7) is 1.92. The van der Waals surface area contributed by atoms with E-state index in [9.17, 15) is 14.7 Å². The Kier molecular flexibility index (Phi) is 4.40. The van der Waals surface area contributed by atoms with Gasteiger partial charge in [-0.1, -0.05) is 36.4 Å². The highest BCUT2D eigenvalue weighted by Gasteiger charge is 2.47. The molecule has 0 aliphatic carbocycles. The number of carbonyl (C=O) groups is 2. The lowest BCUT2D eigenvalue weighted by molar-refractivity contribution is -0.132. The number of aryl methyl sites for hydroxylation is 1. The van der Waals surface area contributed by atoms with Crippen LogP contribution in [0, 0.1) is 6.92 Å². The van der Waals surface area contributed by atoms with Crippen molar-refractivity contribution in [1.29, 1.82) is 0 Å². The first-order valence-electron chi connectivity index (χ1n) is 9.90. The number of pyridine rings is 1. The van der Waals surface area contributed by atoms with Crippen LogP contribution in [0.3, 0.4) is 0 Å². The summed E-state index contributed by atoms with van der Waals surface area (Å²) in [5.41, 5.74) is 3.55. The van der Waals surface area contributed by atoms with Crippen LogP contribution in [0.15, 0.2) is 84.8 Å². The smallest absolute Gasteiger partial charge is 0.300 e. The summed E-state index contributed by atoms with van der Waals surface area (Å²) in [4.78, 5) is 35.1. The summed E-state index contributed by atoms with van der Waals surface area (Å²) in [5, 5.41) is 12.1. The van der Waals surface area contributed by atoms with Gasteiger partial charge in [0.1, 0.15) is 5.76 Å². The molecule has 3 heterocycles. The van der Waals surface area contributed by atoms with E-state index < -0.39 is 17.7 Å². The van der Waals surface area contributed by atoms with Gasteiger partial charge in [0, 0.05) is 40.7 Å². The number of rotatable bonds is 3. The van der Waals surface area contributed by atoms with E-state index >= 15 is 0 Å². The second kappa shape index (κ2) is 7.25. The van der Waals surface area contributed by atoms with E-state index in [-0.39, 0.29) is 11.3 Å². The largest absolute Gasteiger partial charge is 0.507 e. The van der Waals surface area contributed by atoms with Gasteiger partial charge in [-0.05, 0) is 42.3 Å². The number of para-hydroxylation sites is 1. The van der Waals surface area contributed by atoms with Gasteiger partial charge in [-0.2, -0.15) is 0 Å².